The van der Waals surface area contributed by atoms with Crippen LogP contribution in [-0.4, -0.2) is 28.0 Å². The van der Waals surface area contributed by atoms with Gasteiger partial charge in [-0.05, 0) is 25.4 Å². The van der Waals surface area contributed by atoms with Crippen LogP contribution in [0.25, 0.3) is 0 Å². The number of hydrogen-bond donors (Lipinski definition) is 0. The summed E-state index contributed by atoms with van der Waals surface area (Å²) in [6.45, 7) is 4.39. The van der Waals surface area contributed by atoms with Gasteiger partial charge in [0, 0.05) is 13.1 Å². The van der Waals surface area contributed by atoms with Crippen LogP contribution in [0.5, 0.6) is 0 Å². The molecule has 0 amide bonds. The van der Waals surface area contributed by atoms with Crippen molar-refractivity contribution in [2.75, 3.05) is 18.0 Å². The van der Waals surface area contributed by atoms with Crippen molar-refractivity contribution in [2.45, 2.75) is 13.8 Å². The quantitative estimate of drug-likeness (QED) is 0.461. The lowest BCUT2D eigenvalue weighted by molar-refractivity contribution is -0.384. The Morgan fingerprint density at radius 2 is 2.39 bits per heavy atom. The second-order valence-corrected chi connectivity index (χ2v) is 4.01. The Hall–Kier alpha value is -1.94. The molecule has 18 heavy (non-hydrogen) atoms. The Balaban J connectivity index is 3.15. The van der Waals surface area contributed by atoms with Crippen molar-refractivity contribution in [3.8, 4) is 6.07 Å². The Bertz CT molecular complexity index is 488. The topological polar surface area (TPSA) is 96.0 Å². The molecule has 0 N–H and O–H groups in total. The third-order valence-corrected chi connectivity index (χ3v) is 2.50. The van der Waals surface area contributed by atoms with Crippen molar-refractivity contribution in [1.82, 2.24) is 9.97 Å². The summed E-state index contributed by atoms with van der Waals surface area (Å²) >= 11 is 5.66. The van der Waals surface area contributed by atoms with Gasteiger partial charge >= 0.3 is 5.69 Å². The molecular weight excluding hydrogens is 258 g/mol. The summed E-state index contributed by atoms with van der Waals surface area (Å²) in [5, 5.41) is 19.6. The van der Waals surface area contributed by atoms with Crippen LogP contribution in [0.15, 0.2) is 6.20 Å². The molecule has 8 heteroatoms. The summed E-state index contributed by atoms with van der Waals surface area (Å²) in [4.78, 5) is 19.5. The van der Waals surface area contributed by atoms with Crippen LogP contribution in [0.2, 0.25) is 5.28 Å². The largest absolute Gasteiger partial charge is 0.350 e. The average Bonchev–Trinajstić information content (AvgIpc) is 2.35. The van der Waals surface area contributed by atoms with Gasteiger partial charge in [0.15, 0.2) is 0 Å². The number of rotatable bonds is 5. The standard InChI is InChI=1S/C10H12ClN5O2/c1-3-15(6-7(2)4-12)9-8(16(17)18)5-13-10(11)14-9/h5,7H,3,6H2,1-2H3. The minimum Gasteiger partial charge on any atom is -0.350 e. The first-order chi connectivity index (χ1) is 8.49. The van der Waals surface area contributed by atoms with E-state index in [1.807, 2.05) is 6.92 Å². The SMILES string of the molecule is CCN(CC(C)C#N)c1nc(Cl)ncc1[N+](=O)[O-]. The predicted octanol–water partition coefficient (Wildman–Crippen LogP) is 2.02. The summed E-state index contributed by atoms with van der Waals surface area (Å²) in [7, 11) is 0. The third kappa shape index (κ3) is 3.28. The van der Waals surface area contributed by atoms with Gasteiger partial charge in [-0.1, -0.05) is 0 Å². The smallest absolute Gasteiger partial charge is 0.329 e. The zero-order valence-electron chi connectivity index (χ0n) is 10.00. The van der Waals surface area contributed by atoms with Gasteiger partial charge in [0.2, 0.25) is 11.1 Å². The van der Waals surface area contributed by atoms with Crippen LogP contribution in [-0.2, 0) is 0 Å². The molecule has 0 aromatic carbocycles. The first-order valence-electron chi connectivity index (χ1n) is 5.31. The van der Waals surface area contributed by atoms with Crippen LogP contribution in [0.3, 0.4) is 0 Å². The van der Waals surface area contributed by atoms with E-state index in [2.05, 4.69) is 16.0 Å². The van der Waals surface area contributed by atoms with Crippen molar-refractivity contribution in [3.63, 3.8) is 0 Å². The highest BCUT2D eigenvalue weighted by molar-refractivity contribution is 6.28. The molecule has 0 radical (unpaired) electrons. The molecule has 0 saturated carbocycles. The van der Waals surface area contributed by atoms with Gasteiger partial charge in [-0.25, -0.2) is 4.98 Å². The number of hydrogen-bond acceptors (Lipinski definition) is 6. The summed E-state index contributed by atoms with van der Waals surface area (Å²) in [6, 6.07) is 2.07. The van der Waals surface area contributed by atoms with E-state index >= 15 is 0 Å². The first-order valence-corrected chi connectivity index (χ1v) is 5.68. The Labute approximate surface area is 109 Å². The maximum Gasteiger partial charge on any atom is 0.329 e. The van der Waals surface area contributed by atoms with Crippen molar-refractivity contribution < 1.29 is 4.92 Å². The Kier molecular flexibility index (Phi) is 4.80. The molecule has 0 spiro atoms. The molecule has 0 bridgehead atoms. The molecule has 0 saturated heterocycles. The van der Waals surface area contributed by atoms with E-state index in [4.69, 9.17) is 16.9 Å². The van der Waals surface area contributed by atoms with Gasteiger partial charge in [0.1, 0.15) is 6.20 Å². The highest BCUT2D eigenvalue weighted by Gasteiger charge is 2.22. The van der Waals surface area contributed by atoms with Crippen molar-refractivity contribution in [3.05, 3.63) is 21.6 Å². The highest BCUT2D eigenvalue weighted by atomic mass is 35.5. The molecular formula is C10H12ClN5O2. The number of anilines is 1. The number of nitriles is 1. The molecule has 7 nitrogen and oxygen atoms in total. The molecule has 1 unspecified atom stereocenters. The minimum absolute atomic E-state index is 0.0568. The average molecular weight is 270 g/mol. The van der Waals surface area contributed by atoms with Gasteiger partial charge in [-0.3, -0.25) is 10.1 Å². The van der Waals surface area contributed by atoms with E-state index in [9.17, 15) is 10.1 Å². The summed E-state index contributed by atoms with van der Waals surface area (Å²) in [5.41, 5.74) is -0.216. The fourth-order valence-corrected chi connectivity index (χ4v) is 1.57. The lowest BCUT2D eigenvalue weighted by atomic mass is 10.2. The second kappa shape index (κ2) is 6.12. The van der Waals surface area contributed by atoms with Crippen LogP contribution < -0.4 is 4.90 Å². The molecule has 1 heterocycles. The zero-order chi connectivity index (χ0) is 13.7. The first kappa shape index (κ1) is 14.1. The molecule has 0 aliphatic rings. The number of aromatic nitrogens is 2. The summed E-state index contributed by atoms with van der Waals surface area (Å²) in [6.07, 6.45) is 1.07. The molecule has 0 aliphatic heterocycles. The predicted molar refractivity (Wildman–Crippen MR) is 66.4 cm³/mol. The van der Waals surface area contributed by atoms with E-state index < -0.39 is 4.92 Å². The monoisotopic (exact) mass is 269 g/mol. The maximum atomic E-state index is 10.9. The van der Waals surface area contributed by atoms with E-state index in [0.29, 0.717) is 13.1 Å². The number of halogens is 1. The Morgan fingerprint density at radius 1 is 1.72 bits per heavy atom. The van der Waals surface area contributed by atoms with Gasteiger partial charge < -0.3 is 4.90 Å². The molecule has 1 aromatic rings. The number of nitrogens with zero attached hydrogens (tertiary/aromatic N) is 5. The van der Waals surface area contributed by atoms with Crippen LogP contribution in [0.1, 0.15) is 13.8 Å². The summed E-state index contributed by atoms with van der Waals surface area (Å²) in [5.74, 6) is -0.122. The third-order valence-electron chi connectivity index (χ3n) is 2.31. The highest BCUT2D eigenvalue weighted by Crippen LogP contribution is 2.26. The Morgan fingerprint density at radius 3 is 2.89 bits per heavy atom. The fraction of sp³-hybridized carbons (Fsp3) is 0.500. The molecule has 1 rings (SSSR count). The molecule has 1 aromatic heterocycles. The lowest BCUT2D eigenvalue weighted by Gasteiger charge is -2.22. The molecule has 0 fully saturated rings. The lowest BCUT2D eigenvalue weighted by Crippen LogP contribution is -2.29. The van der Waals surface area contributed by atoms with Gasteiger partial charge in [-0.2, -0.15) is 10.2 Å². The van der Waals surface area contributed by atoms with Gasteiger partial charge in [-0.15, -0.1) is 0 Å². The normalized spacial score (nSPS) is 11.7. The van der Waals surface area contributed by atoms with E-state index in [-0.39, 0.29) is 22.7 Å². The molecule has 1 atom stereocenters. The van der Waals surface area contributed by atoms with Gasteiger partial charge in [0.05, 0.1) is 16.9 Å². The van der Waals surface area contributed by atoms with Crippen molar-refractivity contribution in [2.24, 2.45) is 5.92 Å². The maximum absolute atomic E-state index is 10.9. The molecule has 0 aliphatic carbocycles. The van der Waals surface area contributed by atoms with E-state index in [1.165, 1.54) is 0 Å². The van der Waals surface area contributed by atoms with E-state index in [0.717, 1.165) is 6.20 Å². The second-order valence-electron chi connectivity index (χ2n) is 3.67. The zero-order valence-corrected chi connectivity index (χ0v) is 10.8. The van der Waals surface area contributed by atoms with Crippen molar-refractivity contribution in [1.29, 1.82) is 5.26 Å². The van der Waals surface area contributed by atoms with Gasteiger partial charge in [0.25, 0.3) is 0 Å². The van der Waals surface area contributed by atoms with Crippen molar-refractivity contribution >= 4 is 23.1 Å². The molecule has 96 valence electrons. The van der Waals surface area contributed by atoms with Crippen LogP contribution >= 0.6 is 11.6 Å². The summed E-state index contributed by atoms with van der Waals surface area (Å²) < 4.78 is 0. The number of nitro groups is 1. The van der Waals surface area contributed by atoms with Crippen LogP contribution in [0.4, 0.5) is 11.5 Å². The van der Waals surface area contributed by atoms with Crippen LogP contribution in [0, 0.1) is 27.4 Å². The fourth-order valence-electron chi connectivity index (χ4n) is 1.44. The van der Waals surface area contributed by atoms with E-state index in [1.54, 1.807) is 11.8 Å². The minimum atomic E-state index is -0.564.